The zero-order chi connectivity index (χ0) is 12.2. The molecule has 2 N–H and O–H groups in total. The van der Waals surface area contributed by atoms with Crippen LogP contribution in [0.1, 0.15) is 6.42 Å². The summed E-state index contributed by atoms with van der Waals surface area (Å²) in [5.74, 6) is 0.930. The van der Waals surface area contributed by atoms with Crippen molar-refractivity contribution < 1.29 is 0 Å². The number of hydrogen-bond acceptors (Lipinski definition) is 3. The lowest BCUT2D eigenvalue weighted by molar-refractivity contribution is 0.724. The lowest BCUT2D eigenvalue weighted by Gasteiger charge is -2.22. The highest BCUT2D eigenvalue weighted by atomic mass is 15.2. The molecule has 0 radical (unpaired) electrons. The molecular formula is C14H18N4. The molecule has 0 aliphatic carbocycles. The van der Waals surface area contributed by atoms with Crippen molar-refractivity contribution in [3.05, 3.63) is 36.7 Å². The maximum atomic E-state index is 4.26. The van der Waals surface area contributed by atoms with Gasteiger partial charge in [-0.1, -0.05) is 0 Å². The van der Waals surface area contributed by atoms with Crippen LogP contribution in [0, 0.1) is 0 Å². The topological polar surface area (TPSA) is 44.0 Å². The third-order valence-electron chi connectivity index (χ3n) is 3.34. The first kappa shape index (κ1) is 11.3. The van der Waals surface area contributed by atoms with Gasteiger partial charge in [-0.15, -0.1) is 0 Å². The number of nitrogens with one attached hydrogen (secondary N) is 2. The van der Waals surface area contributed by atoms with Crippen molar-refractivity contribution in [1.82, 2.24) is 15.3 Å². The van der Waals surface area contributed by atoms with Crippen LogP contribution in [-0.4, -0.2) is 36.1 Å². The highest BCUT2D eigenvalue weighted by Gasteiger charge is 2.09. The molecule has 1 saturated heterocycles. The van der Waals surface area contributed by atoms with Crippen molar-refractivity contribution in [2.24, 2.45) is 0 Å². The fourth-order valence-electron chi connectivity index (χ4n) is 2.36. The number of H-pyrrole nitrogens is 1. The lowest BCUT2D eigenvalue weighted by atomic mass is 10.2. The second-order valence-electron chi connectivity index (χ2n) is 4.58. The molecule has 1 aliphatic rings. The van der Waals surface area contributed by atoms with Crippen LogP contribution in [0.2, 0.25) is 0 Å². The van der Waals surface area contributed by atoms with Gasteiger partial charge >= 0.3 is 0 Å². The van der Waals surface area contributed by atoms with E-state index in [0.29, 0.717) is 0 Å². The summed E-state index contributed by atoms with van der Waals surface area (Å²) in [6.07, 6.45) is 4.84. The lowest BCUT2D eigenvalue weighted by Crippen LogP contribution is -2.27. The van der Waals surface area contributed by atoms with Crippen molar-refractivity contribution in [3.8, 4) is 11.4 Å². The Morgan fingerprint density at radius 1 is 1.06 bits per heavy atom. The molecule has 1 fully saturated rings. The van der Waals surface area contributed by atoms with E-state index in [9.17, 15) is 0 Å². The summed E-state index contributed by atoms with van der Waals surface area (Å²) in [5.41, 5.74) is 2.44. The van der Waals surface area contributed by atoms with E-state index in [1.165, 1.54) is 12.1 Å². The summed E-state index contributed by atoms with van der Waals surface area (Å²) in [4.78, 5) is 9.83. The third kappa shape index (κ3) is 2.38. The molecule has 0 bridgehead atoms. The Hall–Kier alpha value is -1.81. The first-order valence-corrected chi connectivity index (χ1v) is 6.49. The maximum absolute atomic E-state index is 4.26. The number of nitrogens with zero attached hydrogens (tertiary/aromatic N) is 2. The molecule has 1 aromatic carbocycles. The van der Waals surface area contributed by atoms with Gasteiger partial charge in [-0.2, -0.15) is 0 Å². The van der Waals surface area contributed by atoms with Gasteiger partial charge in [0.15, 0.2) is 0 Å². The number of hydrogen-bond donors (Lipinski definition) is 2. The van der Waals surface area contributed by atoms with Gasteiger partial charge in [0.05, 0.1) is 0 Å². The first-order valence-electron chi connectivity index (χ1n) is 6.49. The van der Waals surface area contributed by atoms with Crippen molar-refractivity contribution >= 4 is 5.69 Å². The zero-order valence-electron chi connectivity index (χ0n) is 10.4. The van der Waals surface area contributed by atoms with Crippen LogP contribution >= 0.6 is 0 Å². The highest BCUT2D eigenvalue weighted by molar-refractivity contribution is 5.60. The second-order valence-corrected chi connectivity index (χ2v) is 4.58. The van der Waals surface area contributed by atoms with Gasteiger partial charge < -0.3 is 15.2 Å². The van der Waals surface area contributed by atoms with Crippen molar-refractivity contribution in [1.29, 1.82) is 0 Å². The predicted molar refractivity (Wildman–Crippen MR) is 73.7 cm³/mol. The van der Waals surface area contributed by atoms with Crippen LogP contribution in [0.5, 0.6) is 0 Å². The molecule has 4 heteroatoms. The number of anilines is 1. The molecule has 2 heterocycles. The standard InChI is InChI=1S/C14H18N4/c1-6-15-9-11-18(10-1)13-4-2-12(3-5-13)14-16-7-8-17-14/h2-5,7-8,15H,1,6,9-11H2,(H,16,17). The molecular weight excluding hydrogens is 224 g/mol. The summed E-state index contributed by atoms with van der Waals surface area (Å²) in [7, 11) is 0. The Balaban J connectivity index is 1.78. The van der Waals surface area contributed by atoms with Crippen LogP contribution in [0.3, 0.4) is 0 Å². The average molecular weight is 242 g/mol. The molecule has 2 aromatic rings. The van der Waals surface area contributed by atoms with E-state index in [2.05, 4.69) is 44.5 Å². The maximum Gasteiger partial charge on any atom is 0.137 e. The van der Waals surface area contributed by atoms with Crippen molar-refractivity contribution in [2.75, 3.05) is 31.1 Å². The summed E-state index contributed by atoms with van der Waals surface area (Å²) < 4.78 is 0. The number of benzene rings is 1. The third-order valence-corrected chi connectivity index (χ3v) is 3.34. The van der Waals surface area contributed by atoms with Crippen LogP contribution in [0.25, 0.3) is 11.4 Å². The normalized spacial score (nSPS) is 16.6. The van der Waals surface area contributed by atoms with E-state index >= 15 is 0 Å². The SMILES string of the molecule is c1c[nH]c(-c2ccc(N3CCCNCC3)cc2)n1. The quantitative estimate of drug-likeness (QED) is 0.845. The van der Waals surface area contributed by atoms with Crippen LogP contribution < -0.4 is 10.2 Å². The van der Waals surface area contributed by atoms with E-state index in [0.717, 1.165) is 37.6 Å². The smallest absolute Gasteiger partial charge is 0.137 e. The minimum atomic E-state index is 0.930. The molecule has 0 spiro atoms. The Morgan fingerprint density at radius 3 is 2.72 bits per heavy atom. The molecule has 1 aliphatic heterocycles. The van der Waals surface area contributed by atoms with Gasteiger partial charge in [0.2, 0.25) is 0 Å². The Bertz CT molecular complexity index is 467. The molecule has 4 nitrogen and oxygen atoms in total. The average Bonchev–Trinajstić information content (AvgIpc) is 2.82. The van der Waals surface area contributed by atoms with Gasteiger partial charge in [-0.25, -0.2) is 4.98 Å². The Kier molecular flexibility index (Phi) is 3.28. The molecule has 18 heavy (non-hydrogen) atoms. The van der Waals surface area contributed by atoms with Crippen LogP contribution in [-0.2, 0) is 0 Å². The minimum Gasteiger partial charge on any atom is -0.370 e. The van der Waals surface area contributed by atoms with Gasteiger partial charge in [-0.3, -0.25) is 0 Å². The highest BCUT2D eigenvalue weighted by Crippen LogP contribution is 2.20. The number of aromatic nitrogens is 2. The second kappa shape index (κ2) is 5.23. The van der Waals surface area contributed by atoms with Crippen LogP contribution in [0.4, 0.5) is 5.69 Å². The fourth-order valence-corrected chi connectivity index (χ4v) is 2.36. The van der Waals surface area contributed by atoms with E-state index in [1.807, 2.05) is 6.20 Å². The van der Waals surface area contributed by atoms with E-state index in [-0.39, 0.29) is 0 Å². The number of aromatic amines is 1. The van der Waals surface area contributed by atoms with Crippen LogP contribution in [0.15, 0.2) is 36.7 Å². The first-order chi connectivity index (χ1) is 8.93. The largest absolute Gasteiger partial charge is 0.370 e. The summed E-state index contributed by atoms with van der Waals surface area (Å²) in [6, 6.07) is 8.63. The fraction of sp³-hybridized carbons (Fsp3) is 0.357. The van der Waals surface area contributed by atoms with Gasteiger partial charge in [0.1, 0.15) is 5.82 Å². The molecule has 0 atom stereocenters. The number of rotatable bonds is 2. The summed E-state index contributed by atoms with van der Waals surface area (Å²) >= 11 is 0. The van der Waals surface area contributed by atoms with Gasteiger partial charge in [-0.05, 0) is 37.2 Å². The van der Waals surface area contributed by atoms with E-state index < -0.39 is 0 Å². The molecule has 1 aromatic heterocycles. The van der Waals surface area contributed by atoms with Gasteiger partial charge in [0.25, 0.3) is 0 Å². The molecule has 0 amide bonds. The number of imidazole rings is 1. The van der Waals surface area contributed by atoms with Gasteiger partial charge in [0, 0.05) is 43.3 Å². The predicted octanol–water partition coefficient (Wildman–Crippen LogP) is 1.88. The minimum absolute atomic E-state index is 0.930. The summed E-state index contributed by atoms with van der Waals surface area (Å²) in [6.45, 7) is 4.41. The van der Waals surface area contributed by atoms with Crippen molar-refractivity contribution in [3.63, 3.8) is 0 Å². The molecule has 94 valence electrons. The Morgan fingerprint density at radius 2 is 1.94 bits per heavy atom. The Labute approximate surface area is 107 Å². The monoisotopic (exact) mass is 242 g/mol. The molecule has 0 unspecified atom stereocenters. The molecule has 3 rings (SSSR count). The van der Waals surface area contributed by atoms with E-state index in [1.54, 1.807) is 6.20 Å². The summed E-state index contributed by atoms with van der Waals surface area (Å²) in [5, 5.41) is 3.42. The molecule has 0 saturated carbocycles. The van der Waals surface area contributed by atoms with E-state index in [4.69, 9.17) is 0 Å². The van der Waals surface area contributed by atoms with Crippen molar-refractivity contribution in [2.45, 2.75) is 6.42 Å². The zero-order valence-corrected chi connectivity index (χ0v) is 10.4.